The molecule has 0 aliphatic carbocycles. The number of hydrogen-bond donors (Lipinski definition) is 0. The quantitative estimate of drug-likeness (QED) is 0.692. The molecule has 0 aromatic heterocycles. The van der Waals surface area contributed by atoms with Crippen LogP contribution in [0.1, 0.15) is 0 Å². The fraction of sp³-hybridized carbons (Fsp3) is 0.143. The van der Waals surface area contributed by atoms with E-state index in [-0.39, 0.29) is 11.9 Å². The Balaban J connectivity index is 2.05. The molecular weight excluding hydrogens is 251 g/mol. The molecule has 1 aromatic rings. The van der Waals surface area contributed by atoms with Crippen LogP contribution in [0.15, 0.2) is 34.1 Å². The molecule has 0 bridgehead atoms. The molecule has 0 amide bonds. The lowest BCUT2D eigenvalue weighted by Gasteiger charge is -2.11. The first-order chi connectivity index (χ1) is 6.54. The predicted molar refractivity (Wildman–Crippen MR) is 53.6 cm³/mol. The molecule has 2 rings (SSSR count). The zero-order chi connectivity index (χ0) is 10.2. The van der Waals surface area contributed by atoms with Gasteiger partial charge in [0.05, 0.1) is 11.9 Å². The van der Waals surface area contributed by atoms with Crippen molar-refractivity contribution in [2.24, 2.45) is 0 Å². The summed E-state index contributed by atoms with van der Waals surface area (Å²) in [6.07, 6.45) is 0. The van der Waals surface area contributed by atoms with E-state index in [1.807, 2.05) is 24.3 Å². The highest BCUT2D eigenvalue weighted by Gasteiger charge is 2.36. The van der Waals surface area contributed by atoms with E-state index >= 15 is 0 Å². The summed E-state index contributed by atoms with van der Waals surface area (Å²) in [6.45, 7) is 0. The van der Waals surface area contributed by atoms with E-state index in [4.69, 9.17) is 0 Å². The molecule has 0 unspecified atom stereocenters. The van der Waals surface area contributed by atoms with Crippen LogP contribution in [0.25, 0.3) is 0 Å². The summed E-state index contributed by atoms with van der Waals surface area (Å²) < 4.78 is 37.2. The van der Waals surface area contributed by atoms with Gasteiger partial charge in [-0.3, -0.25) is 0 Å². The first kappa shape index (κ1) is 10.5. The van der Waals surface area contributed by atoms with Gasteiger partial charge in [0.15, 0.2) is 0 Å². The summed E-state index contributed by atoms with van der Waals surface area (Å²) >= 11 is 2.08. The van der Waals surface area contributed by atoms with Gasteiger partial charge in [0, 0.05) is 9.79 Å². The molecule has 76 valence electrons. The third-order valence-electron chi connectivity index (χ3n) is 1.37. The second-order valence-electron chi connectivity index (χ2n) is 2.39. The van der Waals surface area contributed by atoms with E-state index in [1.165, 1.54) is 0 Å². The molecular formula is C7H4F3NS3. The van der Waals surface area contributed by atoms with Crippen molar-refractivity contribution in [1.29, 1.82) is 0 Å². The first-order valence-corrected chi connectivity index (χ1v) is 5.87. The third kappa shape index (κ3) is 2.53. The van der Waals surface area contributed by atoms with Crippen molar-refractivity contribution < 1.29 is 13.2 Å². The Morgan fingerprint density at radius 3 is 2.00 bits per heavy atom. The topological polar surface area (TPSA) is 3.24 Å². The highest BCUT2D eigenvalue weighted by atomic mass is 32.3. The fourth-order valence-corrected chi connectivity index (χ4v) is 4.13. The van der Waals surface area contributed by atoms with Gasteiger partial charge in [-0.15, -0.1) is 3.12 Å². The molecule has 0 saturated heterocycles. The molecule has 0 saturated carbocycles. The van der Waals surface area contributed by atoms with Crippen LogP contribution in [-0.2, 0) is 0 Å². The summed E-state index contributed by atoms with van der Waals surface area (Å²) in [5, 5.41) is 0. The maximum absolute atomic E-state index is 12.0. The zero-order valence-electron chi connectivity index (χ0n) is 6.62. The van der Waals surface area contributed by atoms with Crippen molar-refractivity contribution in [2.45, 2.75) is 15.3 Å². The fourth-order valence-electron chi connectivity index (χ4n) is 0.902. The van der Waals surface area contributed by atoms with E-state index in [2.05, 4.69) is 0 Å². The standard InChI is InChI=1S/C7H4F3NS3/c8-7(9,10)14-11-12-5-3-1-2-4-6(5)13-11/h1-4H. The van der Waals surface area contributed by atoms with Crippen molar-refractivity contribution in [3.63, 3.8) is 0 Å². The second kappa shape index (κ2) is 3.88. The number of benzene rings is 1. The summed E-state index contributed by atoms with van der Waals surface area (Å²) in [5.41, 5.74) is -4.22. The normalized spacial score (nSPS) is 17.1. The number of fused-ring (bicyclic) bond motifs is 1. The van der Waals surface area contributed by atoms with Crippen LogP contribution in [0, 0.1) is 0 Å². The highest BCUT2D eigenvalue weighted by molar-refractivity contribution is 8.27. The number of rotatable bonds is 1. The monoisotopic (exact) mass is 255 g/mol. The lowest BCUT2D eigenvalue weighted by Crippen LogP contribution is -2.05. The van der Waals surface area contributed by atoms with E-state index < -0.39 is 5.51 Å². The number of nitrogens with zero attached hydrogens (tertiary/aromatic N) is 1. The summed E-state index contributed by atoms with van der Waals surface area (Å²) in [7, 11) is 0. The Bertz CT molecular complexity index is 316. The van der Waals surface area contributed by atoms with Gasteiger partial charge in [0.2, 0.25) is 0 Å². The maximum Gasteiger partial charge on any atom is 0.458 e. The molecule has 0 spiro atoms. The van der Waals surface area contributed by atoms with Crippen LogP contribution < -0.4 is 0 Å². The van der Waals surface area contributed by atoms with Crippen molar-refractivity contribution in [2.75, 3.05) is 0 Å². The molecule has 0 atom stereocenters. The van der Waals surface area contributed by atoms with Crippen LogP contribution in [0.4, 0.5) is 13.2 Å². The molecule has 1 aliphatic rings. The van der Waals surface area contributed by atoms with E-state index in [1.54, 1.807) is 0 Å². The van der Waals surface area contributed by atoms with E-state index in [9.17, 15) is 13.2 Å². The van der Waals surface area contributed by atoms with Crippen LogP contribution >= 0.6 is 35.8 Å². The SMILES string of the molecule is FC(F)(F)SN1Sc2ccccc2S1. The van der Waals surface area contributed by atoms with Crippen molar-refractivity contribution in [3.05, 3.63) is 24.3 Å². The van der Waals surface area contributed by atoms with E-state index in [0.29, 0.717) is 0 Å². The Kier molecular flexibility index (Phi) is 2.92. The Morgan fingerprint density at radius 2 is 1.57 bits per heavy atom. The number of alkyl halides is 3. The minimum atomic E-state index is -4.22. The van der Waals surface area contributed by atoms with Gasteiger partial charge < -0.3 is 0 Å². The largest absolute Gasteiger partial charge is 0.458 e. The van der Waals surface area contributed by atoms with Crippen LogP contribution in [-0.4, -0.2) is 8.62 Å². The molecule has 1 aliphatic heterocycles. The van der Waals surface area contributed by atoms with Crippen molar-refractivity contribution in [1.82, 2.24) is 3.12 Å². The molecule has 14 heavy (non-hydrogen) atoms. The summed E-state index contributed by atoms with van der Waals surface area (Å²) in [5.74, 6) is 0. The zero-order valence-corrected chi connectivity index (χ0v) is 9.06. The van der Waals surface area contributed by atoms with Crippen LogP contribution in [0.2, 0.25) is 0 Å². The Hall–Kier alpha value is 0.0200. The lowest BCUT2D eigenvalue weighted by atomic mass is 10.4. The van der Waals surface area contributed by atoms with Gasteiger partial charge in [0.1, 0.15) is 0 Å². The lowest BCUT2D eigenvalue weighted by molar-refractivity contribution is -0.0339. The molecule has 1 nitrogen and oxygen atoms in total. The Labute approximate surface area is 91.8 Å². The maximum atomic E-state index is 12.0. The molecule has 7 heteroatoms. The van der Waals surface area contributed by atoms with Gasteiger partial charge in [-0.25, -0.2) is 0 Å². The van der Waals surface area contributed by atoms with Crippen molar-refractivity contribution in [3.8, 4) is 0 Å². The summed E-state index contributed by atoms with van der Waals surface area (Å²) in [6, 6.07) is 7.25. The highest BCUT2D eigenvalue weighted by Crippen LogP contribution is 2.53. The van der Waals surface area contributed by atoms with Gasteiger partial charge in [-0.1, -0.05) is 12.1 Å². The molecule has 1 aromatic carbocycles. The van der Waals surface area contributed by atoms with Crippen molar-refractivity contribution >= 4 is 35.8 Å². The average molecular weight is 255 g/mol. The van der Waals surface area contributed by atoms with Crippen LogP contribution in [0.5, 0.6) is 0 Å². The molecule has 0 N–H and O–H groups in total. The smallest absolute Gasteiger partial charge is 0.159 e. The third-order valence-corrected chi connectivity index (χ3v) is 4.60. The molecule has 1 heterocycles. The summed E-state index contributed by atoms with van der Waals surface area (Å²) in [4.78, 5) is 1.74. The first-order valence-electron chi connectivity index (χ1n) is 3.55. The van der Waals surface area contributed by atoms with Gasteiger partial charge in [0.25, 0.3) is 0 Å². The van der Waals surface area contributed by atoms with Crippen LogP contribution in [0.3, 0.4) is 0 Å². The molecule has 0 fully saturated rings. The molecule has 0 radical (unpaired) electrons. The van der Waals surface area contributed by atoms with Gasteiger partial charge in [-0.05, 0) is 36.0 Å². The van der Waals surface area contributed by atoms with E-state index in [0.717, 1.165) is 36.8 Å². The minimum absolute atomic E-state index is 0.120. The average Bonchev–Trinajstić information content (AvgIpc) is 2.42. The predicted octanol–water partition coefficient (Wildman–Crippen LogP) is 4.18. The number of halogens is 3. The number of hydrogen-bond acceptors (Lipinski definition) is 4. The second-order valence-corrected chi connectivity index (χ2v) is 6.07. The van der Waals surface area contributed by atoms with Gasteiger partial charge in [-0.2, -0.15) is 13.2 Å². The minimum Gasteiger partial charge on any atom is -0.159 e. The van der Waals surface area contributed by atoms with Gasteiger partial charge >= 0.3 is 5.51 Å². The Morgan fingerprint density at radius 1 is 1.07 bits per heavy atom.